The van der Waals surface area contributed by atoms with E-state index in [0.717, 1.165) is 41.7 Å². The smallest absolute Gasteiger partial charge is 0.204 e. The fourth-order valence-corrected chi connectivity index (χ4v) is 4.45. The van der Waals surface area contributed by atoms with Gasteiger partial charge >= 0.3 is 6.18 Å². The lowest BCUT2D eigenvalue weighted by Gasteiger charge is -2.16. The number of fused-ring (bicyclic) bond motifs is 5. The zero-order valence-corrected chi connectivity index (χ0v) is 12.7. The van der Waals surface area contributed by atoms with E-state index in [1.807, 2.05) is 0 Å². The SMILES string of the molecule is Fc1cc2c(cc1F)C1CCC2C1Cc1ccc(C(F)(F)F)cc1. The summed E-state index contributed by atoms with van der Waals surface area (Å²) in [4.78, 5) is 0. The van der Waals surface area contributed by atoms with E-state index in [2.05, 4.69) is 0 Å². The molecule has 2 bridgehead atoms. The normalized spacial score (nSPS) is 25.1. The van der Waals surface area contributed by atoms with Crippen molar-refractivity contribution >= 4 is 0 Å². The van der Waals surface area contributed by atoms with Gasteiger partial charge in [-0.2, -0.15) is 13.2 Å². The van der Waals surface area contributed by atoms with E-state index >= 15 is 0 Å². The molecule has 5 heteroatoms. The molecule has 24 heavy (non-hydrogen) atoms. The largest absolute Gasteiger partial charge is 0.416 e. The number of hydrogen-bond donors (Lipinski definition) is 0. The van der Waals surface area contributed by atoms with Crippen LogP contribution >= 0.6 is 0 Å². The summed E-state index contributed by atoms with van der Waals surface area (Å²) >= 11 is 0. The Hall–Kier alpha value is -1.91. The maximum absolute atomic E-state index is 13.5. The van der Waals surface area contributed by atoms with E-state index < -0.39 is 23.4 Å². The first-order chi connectivity index (χ1) is 11.3. The van der Waals surface area contributed by atoms with Gasteiger partial charge in [0.1, 0.15) is 0 Å². The van der Waals surface area contributed by atoms with Crippen LogP contribution < -0.4 is 0 Å². The van der Waals surface area contributed by atoms with E-state index in [-0.39, 0.29) is 17.8 Å². The monoisotopic (exact) mass is 338 g/mol. The van der Waals surface area contributed by atoms with Crippen molar-refractivity contribution in [3.8, 4) is 0 Å². The van der Waals surface area contributed by atoms with E-state index in [9.17, 15) is 22.0 Å². The average Bonchev–Trinajstić information content (AvgIpc) is 3.03. The topological polar surface area (TPSA) is 0 Å². The quantitative estimate of drug-likeness (QED) is 0.606. The van der Waals surface area contributed by atoms with Crippen molar-refractivity contribution in [3.05, 3.63) is 70.3 Å². The summed E-state index contributed by atoms with van der Waals surface area (Å²) in [5.41, 5.74) is 1.93. The van der Waals surface area contributed by atoms with Gasteiger partial charge in [-0.05, 0) is 78.0 Å². The van der Waals surface area contributed by atoms with Gasteiger partial charge in [0, 0.05) is 0 Å². The van der Waals surface area contributed by atoms with Crippen molar-refractivity contribution in [1.29, 1.82) is 0 Å². The van der Waals surface area contributed by atoms with E-state index in [0.29, 0.717) is 6.42 Å². The van der Waals surface area contributed by atoms with Crippen LogP contribution in [0.1, 0.15) is 46.9 Å². The molecule has 2 aliphatic rings. The van der Waals surface area contributed by atoms with Gasteiger partial charge in [-0.25, -0.2) is 8.78 Å². The summed E-state index contributed by atoms with van der Waals surface area (Å²) in [6.07, 6.45) is -1.86. The molecule has 0 saturated heterocycles. The second kappa shape index (κ2) is 5.30. The minimum absolute atomic E-state index is 0.169. The highest BCUT2D eigenvalue weighted by Crippen LogP contribution is 2.58. The third-order valence-electron chi connectivity index (χ3n) is 5.50. The lowest BCUT2D eigenvalue weighted by atomic mass is 9.88. The third kappa shape index (κ3) is 2.41. The van der Waals surface area contributed by atoms with E-state index in [1.54, 1.807) is 0 Å². The molecule has 1 fully saturated rings. The molecule has 2 unspecified atom stereocenters. The Balaban J connectivity index is 1.59. The second-order valence-corrected chi connectivity index (χ2v) is 6.75. The summed E-state index contributed by atoms with van der Waals surface area (Å²) in [5.74, 6) is -1.10. The molecule has 126 valence electrons. The molecule has 0 amide bonds. The Kier molecular flexibility index (Phi) is 3.44. The molecule has 4 rings (SSSR count). The van der Waals surface area contributed by atoms with Gasteiger partial charge in [-0.1, -0.05) is 12.1 Å². The number of alkyl halides is 3. The Morgan fingerprint density at radius 3 is 1.79 bits per heavy atom. The van der Waals surface area contributed by atoms with Crippen molar-refractivity contribution in [3.63, 3.8) is 0 Å². The van der Waals surface area contributed by atoms with E-state index in [1.165, 1.54) is 24.3 Å². The first kappa shape index (κ1) is 15.6. The standard InChI is InChI=1S/C19H15F5/c20-17-8-15-12-5-6-13(16(15)9-18(17)21)14(12)7-10-1-3-11(4-2-10)19(22,23)24/h1-4,8-9,12-14H,5-7H2. The van der Waals surface area contributed by atoms with Crippen LogP contribution in [-0.4, -0.2) is 0 Å². The lowest BCUT2D eigenvalue weighted by Crippen LogP contribution is -2.09. The van der Waals surface area contributed by atoms with Crippen LogP contribution in [0.2, 0.25) is 0 Å². The van der Waals surface area contributed by atoms with Crippen molar-refractivity contribution in [1.82, 2.24) is 0 Å². The first-order valence-corrected chi connectivity index (χ1v) is 7.99. The van der Waals surface area contributed by atoms with Crippen molar-refractivity contribution < 1.29 is 22.0 Å². The van der Waals surface area contributed by atoms with Gasteiger partial charge < -0.3 is 0 Å². The summed E-state index contributed by atoms with van der Waals surface area (Å²) in [6, 6.07) is 7.80. The van der Waals surface area contributed by atoms with Crippen LogP contribution in [0.25, 0.3) is 0 Å². The molecule has 0 aliphatic heterocycles. The van der Waals surface area contributed by atoms with Crippen LogP contribution in [0, 0.1) is 17.6 Å². The minimum atomic E-state index is -4.34. The molecule has 2 aromatic carbocycles. The molecular weight excluding hydrogens is 323 g/mol. The fraction of sp³-hybridized carbons (Fsp3) is 0.368. The zero-order chi connectivity index (χ0) is 17.1. The molecule has 0 spiro atoms. The number of rotatable bonds is 2. The Bertz CT molecular complexity index is 739. The van der Waals surface area contributed by atoms with Gasteiger partial charge in [-0.3, -0.25) is 0 Å². The molecular formula is C19H15F5. The van der Waals surface area contributed by atoms with Crippen LogP contribution in [-0.2, 0) is 12.6 Å². The summed E-state index contributed by atoms with van der Waals surface area (Å²) in [7, 11) is 0. The molecule has 0 N–H and O–H groups in total. The van der Waals surface area contributed by atoms with Gasteiger partial charge in [0.05, 0.1) is 5.56 Å². The summed E-state index contributed by atoms with van der Waals surface area (Å²) in [5, 5.41) is 0. The Labute approximate surface area is 136 Å². The molecule has 0 nitrogen and oxygen atoms in total. The first-order valence-electron chi connectivity index (χ1n) is 7.99. The molecule has 0 heterocycles. The zero-order valence-electron chi connectivity index (χ0n) is 12.7. The molecule has 2 aromatic rings. The molecule has 1 saturated carbocycles. The van der Waals surface area contributed by atoms with Crippen molar-refractivity contribution in [2.24, 2.45) is 5.92 Å². The maximum atomic E-state index is 13.5. The van der Waals surface area contributed by atoms with Crippen LogP contribution in [0.15, 0.2) is 36.4 Å². The predicted molar refractivity (Wildman–Crippen MR) is 79.7 cm³/mol. The van der Waals surface area contributed by atoms with E-state index in [4.69, 9.17) is 0 Å². The van der Waals surface area contributed by atoms with Crippen LogP contribution in [0.5, 0.6) is 0 Å². The highest BCUT2D eigenvalue weighted by atomic mass is 19.4. The van der Waals surface area contributed by atoms with Gasteiger partial charge in [0.25, 0.3) is 0 Å². The molecule has 2 atom stereocenters. The molecule has 0 radical (unpaired) electrons. The number of hydrogen-bond acceptors (Lipinski definition) is 0. The summed E-state index contributed by atoms with van der Waals surface area (Å²) in [6.45, 7) is 0. The van der Waals surface area contributed by atoms with Gasteiger partial charge in [0.15, 0.2) is 11.6 Å². The van der Waals surface area contributed by atoms with Gasteiger partial charge in [0.2, 0.25) is 0 Å². The molecule has 0 aromatic heterocycles. The van der Waals surface area contributed by atoms with Crippen molar-refractivity contribution in [2.45, 2.75) is 37.3 Å². The molecule has 2 aliphatic carbocycles. The maximum Gasteiger partial charge on any atom is 0.416 e. The van der Waals surface area contributed by atoms with Gasteiger partial charge in [-0.15, -0.1) is 0 Å². The van der Waals surface area contributed by atoms with Crippen LogP contribution in [0.4, 0.5) is 22.0 Å². The number of halogens is 5. The predicted octanol–water partition coefficient (Wildman–Crippen LogP) is 5.82. The minimum Gasteiger partial charge on any atom is -0.204 e. The Morgan fingerprint density at radius 2 is 1.33 bits per heavy atom. The second-order valence-electron chi connectivity index (χ2n) is 6.75. The lowest BCUT2D eigenvalue weighted by molar-refractivity contribution is -0.137. The Morgan fingerprint density at radius 1 is 0.833 bits per heavy atom. The summed E-state index contributed by atoms with van der Waals surface area (Å²) < 4.78 is 65.0. The van der Waals surface area contributed by atoms with Crippen molar-refractivity contribution in [2.75, 3.05) is 0 Å². The number of benzene rings is 2. The highest BCUT2D eigenvalue weighted by Gasteiger charge is 2.46. The fourth-order valence-electron chi connectivity index (χ4n) is 4.45. The third-order valence-corrected chi connectivity index (χ3v) is 5.50. The highest BCUT2D eigenvalue weighted by molar-refractivity contribution is 5.44. The van der Waals surface area contributed by atoms with Crippen LogP contribution in [0.3, 0.4) is 0 Å². The average molecular weight is 338 g/mol.